The molecular weight excluding hydrogens is 236 g/mol. The average molecular weight is 256 g/mol. The maximum absolute atomic E-state index is 11.2. The highest BCUT2D eigenvalue weighted by molar-refractivity contribution is 5.91. The van der Waals surface area contributed by atoms with Crippen LogP contribution in [0.2, 0.25) is 0 Å². The first-order valence-corrected chi connectivity index (χ1v) is 5.68. The number of methoxy groups -OCH3 is 1. The molecule has 0 aliphatic heterocycles. The highest BCUT2D eigenvalue weighted by Crippen LogP contribution is 1.98. The molecule has 1 amide bonds. The number of likely N-dealkylation sites (N-methyl/N-ethyl adjacent to an activating group) is 1. The highest BCUT2D eigenvalue weighted by Gasteiger charge is 2.11. The summed E-state index contributed by atoms with van der Waals surface area (Å²) < 4.78 is 6.70. The van der Waals surface area contributed by atoms with Crippen LogP contribution in [0.5, 0.6) is 0 Å². The van der Waals surface area contributed by atoms with E-state index >= 15 is 0 Å². The molecule has 8 nitrogen and oxygen atoms in total. The summed E-state index contributed by atoms with van der Waals surface area (Å²) in [5.74, 6) is 4.57. The first-order chi connectivity index (χ1) is 8.58. The zero-order valence-corrected chi connectivity index (χ0v) is 11.0. The summed E-state index contributed by atoms with van der Waals surface area (Å²) in [4.78, 5) is 13.3. The Bertz CT molecular complexity index is 380. The van der Waals surface area contributed by atoms with E-state index in [0.29, 0.717) is 19.2 Å². The number of nitrogen functional groups attached to an aromatic ring is 1. The van der Waals surface area contributed by atoms with E-state index in [4.69, 9.17) is 10.6 Å². The number of hydrazine groups is 1. The molecule has 1 atom stereocenters. The van der Waals surface area contributed by atoms with Gasteiger partial charge in [-0.1, -0.05) is 5.21 Å². The lowest BCUT2D eigenvalue weighted by molar-refractivity contribution is 0.0948. The second-order valence-electron chi connectivity index (χ2n) is 4.13. The summed E-state index contributed by atoms with van der Waals surface area (Å²) in [6.07, 6.45) is 1.57. The average Bonchev–Trinajstić information content (AvgIpc) is 2.84. The summed E-state index contributed by atoms with van der Waals surface area (Å²) in [6, 6.07) is 0.324. The van der Waals surface area contributed by atoms with Crippen molar-refractivity contribution in [2.75, 3.05) is 27.3 Å². The van der Waals surface area contributed by atoms with Crippen LogP contribution in [0.1, 0.15) is 17.4 Å². The number of rotatable bonds is 7. The van der Waals surface area contributed by atoms with Crippen molar-refractivity contribution < 1.29 is 9.53 Å². The molecule has 0 aromatic carbocycles. The minimum atomic E-state index is -0.442. The van der Waals surface area contributed by atoms with Gasteiger partial charge in [0.2, 0.25) is 0 Å². The summed E-state index contributed by atoms with van der Waals surface area (Å²) in [7, 11) is 3.69. The molecule has 1 heterocycles. The number of nitrogens with zero attached hydrogens (tertiary/aromatic N) is 4. The molecule has 3 N–H and O–H groups in total. The Morgan fingerprint density at radius 2 is 2.44 bits per heavy atom. The van der Waals surface area contributed by atoms with E-state index in [2.05, 4.69) is 22.1 Å². The number of hydrogen-bond acceptors (Lipinski definition) is 6. The number of nitrogens with one attached hydrogen (secondary N) is 1. The Morgan fingerprint density at radius 1 is 1.72 bits per heavy atom. The molecule has 0 saturated carbocycles. The first kappa shape index (κ1) is 14.6. The third-order valence-electron chi connectivity index (χ3n) is 2.74. The van der Waals surface area contributed by atoms with Crippen molar-refractivity contribution in [3.8, 4) is 0 Å². The molecule has 102 valence electrons. The zero-order chi connectivity index (χ0) is 13.5. The number of amides is 1. The van der Waals surface area contributed by atoms with E-state index in [1.165, 1.54) is 0 Å². The molecule has 1 unspecified atom stereocenters. The molecule has 1 rings (SSSR count). The molecule has 1 aromatic heterocycles. The number of carbonyl (C=O) groups excluding carboxylic acids is 1. The maximum Gasteiger partial charge on any atom is 0.287 e. The van der Waals surface area contributed by atoms with E-state index in [1.54, 1.807) is 18.0 Å². The van der Waals surface area contributed by atoms with Crippen LogP contribution in [0, 0.1) is 0 Å². The number of ether oxygens (including phenoxy) is 1. The summed E-state index contributed by atoms with van der Waals surface area (Å²) in [5.41, 5.74) is 2.23. The highest BCUT2D eigenvalue weighted by atomic mass is 16.5. The predicted octanol–water partition coefficient (Wildman–Crippen LogP) is -1.15. The molecule has 18 heavy (non-hydrogen) atoms. The molecule has 0 radical (unpaired) electrons. The van der Waals surface area contributed by atoms with E-state index in [9.17, 15) is 4.79 Å². The predicted molar refractivity (Wildman–Crippen MR) is 65.6 cm³/mol. The number of aromatic nitrogens is 3. The van der Waals surface area contributed by atoms with Crippen LogP contribution in [0.3, 0.4) is 0 Å². The monoisotopic (exact) mass is 256 g/mol. The van der Waals surface area contributed by atoms with Crippen LogP contribution in [-0.4, -0.2) is 59.2 Å². The van der Waals surface area contributed by atoms with Crippen LogP contribution >= 0.6 is 0 Å². The number of carbonyl (C=O) groups is 1. The summed E-state index contributed by atoms with van der Waals surface area (Å²) in [6.45, 7) is 4.19. The van der Waals surface area contributed by atoms with Gasteiger partial charge in [-0.2, -0.15) is 0 Å². The Morgan fingerprint density at radius 3 is 3.06 bits per heavy atom. The van der Waals surface area contributed by atoms with Gasteiger partial charge in [-0.05, 0) is 14.0 Å². The molecule has 0 aliphatic rings. The standard InChI is InChI=1S/C10H20N6O2/c1-8(7-18-3)15(2)4-5-16-6-9(13-14-16)10(17)12-11/h6,8H,4-5,7,11H2,1-3H3,(H,12,17). The molecule has 0 saturated heterocycles. The Kier molecular flexibility index (Phi) is 5.69. The SMILES string of the molecule is COCC(C)N(C)CCn1cc(C(=O)NN)nn1. The molecule has 0 bridgehead atoms. The molecule has 8 heteroatoms. The van der Waals surface area contributed by atoms with Crippen molar-refractivity contribution in [2.45, 2.75) is 19.5 Å². The lowest BCUT2D eigenvalue weighted by atomic mass is 10.3. The third kappa shape index (κ3) is 4.06. The fourth-order valence-electron chi connectivity index (χ4n) is 1.43. The van der Waals surface area contributed by atoms with Gasteiger partial charge in [-0.25, -0.2) is 5.84 Å². The third-order valence-corrected chi connectivity index (χ3v) is 2.74. The Labute approximate surface area is 106 Å². The Balaban J connectivity index is 2.44. The maximum atomic E-state index is 11.2. The number of nitrogens with two attached hydrogens (primary N) is 1. The molecule has 0 aliphatic carbocycles. The normalized spacial score (nSPS) is 12.7. The molecular formula is C10H20N6O2. The van der Waals surface area contributed by atoms with Gasteiger partial charge in [-0.15, -0.1) is 5.10 Å². The van der Waals surface area contributed by atoms with Crippen molar-refractivity contribution in [3.63, 3.8) is 0 Å². The van der Waals surface area contributed by atoms with Crippen molar-refractivity contribution in [1.82, 2.24) is 25.3 Å². The lowest BCUT2D eigenvalue weighted by Crippen LogP contribution is -2.35. The first-order valence-electron chi connectivity index (χ1n) is 5.68. The summed E-state index contributed by atoms with van der Waals surface area (Å²) in [5, 5.41) is 7.58. The zero-order valence-electron chi connectivity index (χ0n) is 11.0. The lowest BCUT2D eigenvalue weighted by Gasteiger charge is -2.23. The second-order valence-corrected chi connectivity index (χ2v) is 4.13. The fraction of sp³-hybridized carbons (Fsp3) is 0.700. The van der Waals surface area contributed by atoms with Crippen LogP contribution in [0.4, 0.5) is 0 Å². The van der Waals surface area contributed by atoms with Crippen molar-refractivity contribution in [1.29, 1.82) is 0 Å². The quantitative estimate of drug-likeness (QED) is 0.363. The molecule has 0 spiro atoms. The van der Waals surface area contributed by atoms with Crippen molar-refractivity contribution in [3.05, 3.63) is 11.9 Å². The second kappa shape index (κ2) is 7.04. The van der Waals surface area contributed by atoms with E-state index in [0.717, 1.165) is 6.54 Å². The van der Waals surface area contributed by atoms with Gasteiger partial charge < -0.3 is 4.74 Å². The smallest absolute Gasteiger partial charge is 0.287 e. The van der Waals surface area contributed by atoms with Crippen LogP contribution in [0.25, 0.3) is 0 Å². The van der Waals surface area contributed by atoms with Crippen LogP contribution < -0.4 is 11.3 Å². The van der Waals surface area contributed by atoms with E-state index in [-0.39, 0.29) is 5.69 Å². The Hall–Kier alpha value is -1.51. The van der Waals surface area contributed by atoms with Gasteiger partial charge in [0.05, 0.1) is 19.3 Å². The van der Waals surface area contributed by atoms with Gasteiger partial charge in [0, 0.05) is 19.7 Å². The molecule has 0 fully saturated rings. The summed E-state index contributed by atoms with van der Waals surface area (Å²) >= 11 is 0. The minimum Gasteiger partial charge on any atom is -0.383 e. The van der Waals surface area contributed by atoms with Gasteiger partial charge in [0.15, 0.2) is 5.69 Å². The topological polar surface area (TPSA) is 98.3 Å². The van der Waals surface area contributed by atoms with Gasteiger partial charge in [0.25, 0.3) is 5.91 Å². The molecule has 1 aromatic rings. The fourth-order valence-corrected chi connectivity index (χ4v) is 1.43. The van der Waals surface area contributed by atoms with Gasteiger partial charge >= 0.3 is 0 Å². The van der Waals surface area contributed by atoms with Crippen LogP contribution in [0.15, 0.2) is 6.20 Å². The van der Waals surface area contributed by atoms with Crippen LogP contribution in [-0.2, 0) is 11.3 Å². The van der Waals surface area contributed by atoms with Gasteiger partial charge in [0.1, 0.15) is 0 Å². The van der Waals surface area contributed by atoms with Crippen molar-refractivity contribution in [2.24, 2.45) is 5.84 Å². The van der Waals surface area contributed by atoms with Crippen molar-refractivity contribution >= 4 is 5.91 Å². The van der Waals surface area contributed by atoms with E-state index < -0.39 is 5.91 Å². The van der Waals surface area contributed by atoms with Gasteiger partial charge in [-0.3, -0.25) is 19.8 Å². The number of hydrogen-bond donors (Lipinski definition) is 2. The minimum absolute atomic E-state index is 0.213. The largest absolute Gasteiger partial charge is 0.383 e. The van der Waals surface area contributed by atoms with E-state index in [1.807, 2.05) is 12.5 Å².